The van der Waals surface area contributed by atoms with Gasteiger partial charge in [0.15, 0.2) is 0 Å². The average molecular weight is 536 g/mol. The van der Waals surface area contributed by atoms with Crippen molar-refractivity contribution >= 4 is 23.8 Å². The van der Waals surface area contributed by atoms with Gasteiger partial charge in [0.05, 0.1) is 45.2 Å². The van der Waals surface area contributed by atoms with E-state index in [4.69, 9.17) is 23.7 Å². The third kappa shape index (κ3) is 8.96. The van der Waals surface area contributed by atoms with Gasteiger partial charge in [-0.05, 0) is 38.8 Å². The zero-order chi connectivity index (χ0) is 27.5. The first-order valence-electron chi connectivity index (χ1n) is 12.7. The van der Waals surface area contributed by atoms with Crippen LogP contribution in [0.3, 0.4) is 0 Å². The van der Waals surface area contributed by atoms with Gasteiger partial charge in [-0.15, -0.1) is 0 Å². The number of carbonyl (C=O) groups excluding carboxylic acids is 4. The summed E-state index contributed by atoms with van der Waals surface area (Å²) >= 11 is 0. The highest BCUT2D eigenvalue weighted by Crippen LogP contribution is 2.33. The molecule has 0 spiro atoms. The van der Waals surface area contributed by atoms with Crippen molar-refractivity contribution in [2.45, 2.75) is 51.8 Å². The first-order chi connectivity index (χ1) is 18.2. The number of imide groups is 1. The minimum atomic E-state index is -0.664. The highest BCUT2D eigenvalue weighted by atomic mass is 16.6. The molecule has 0 radical (unpaired) electrons. The van der Waals surface area contributed by atoms with Crippen LogP contribution in [-0.2, 0) is 35.1 Å². The molecule has 1 atom stereocenters. The van der Waals surface area contributed by atoms with Gasteiger partial charge >= 0.3 is 6.09 Å². The molecule has 1 unspecified atom stereocenters. The van der Waals surface area contributed by atoms with Crippen LogP contribution in [0, 0.1) is 0 Å². The molecule has 210 valence electrons. The molecular formula is C26H37N3O9. The first kappa shape index (κ1) is 29.3. The number of rotatable bonds is 14. The summed E-state index contributed by atoms with van der Waals surface area (Å²) in [5.41, 5.74) is 0.700. The van der Waals surface area contributed by atoms with E-state index in [2.05, 4.69) is 10.6 Å². The van der Waals surface area contributed by atoms with E-state index in [9.17, 15) is 19.2 Å². The van der Waals surface area contributed by atoms with Crippen molar-refractivity contribution in [2.75, 3.05) is 52.8 Å². The maximum Gasteiger partial charge on any atom is 0.407 e. The van der Waals surface area contributed by atoms with Gasteiger partial charge in [-0.2, -0.15) is 0 Å². The molecule has 1 fully saturated rings. The molecular weight excluding hydrogens is 498 g/mol. The third-order valence-corrected chi connectivity index (χ3v) is 5.66. The highest BCUT2D eigenvalue weighted by Gasteiger charge is 2.40. The lowest BCUT2D eigenvalue weighted by atomic mass is 10.0. The van der Waals surface area contributed by atoms with Gasteiger partial charge in [0, 0.05) is 19.5 Å². The van der Waals surface area contributed by atoms with Crippen molar-refractivity contribution in [3.63, 3.8) is 0 Å². The topological polar surface area (TPSA) is 142 Å². The number of carbonyl (C=O) groups is 4. The summed E-state index contributed by atoms with van der Waals surface area (Å²) < 4.78 is 27.3. The minimum Gasteiger partial charge on any atom is -0.490 e. The number of nitrogens with zero attached hydrogens (tertiary/aromatic N) is 1. The zero-order valence-corrected chi connectivity index (χ0v) is 22.2. The first-order valence-corrected chi connectivity index (χ1v) is 12.7. The summed E-state index contributed by atoms with van der Waals surface area (Å²) in [6.45, 7) is 8.51. The molecule has 0 aliphatic carbocycles. The Bertz CT molecular complexity index is 993. The summed E-state index contributed by atoms with van der Waals surface area (Å²) in [6.07, 6.45) is 0.0470. The number of benzene rings is 1. The van der Waals surface area contributed by atoms with Crippen molar-refractivity contribution < 1.29 is 42.9 Å². The molecule has 1 saturated heterocycles. The van der Waals surface area contributed by atoms with Crippen molar-refractivity contribution in [1.29, 1.82) is 0 Å². The van der Waals surface area contributed by atoms with Crippen LogP contribution in [0.4, 0.5) is 4.79 Å². The molecule has 38 heavy (non-hydrogen) atoms. The van der Waals surface area contributed by atoms with Crippen molar-refractivity contribution in [3.8, 4) is 5.75 Å². The fraction of sp³-hybridized carbons (Fsp3) is 0.615. The van der Waals surface area contributed by atoms with E-state index in [1.807, 2.05) is 6.07 Å². The number of alkyl carbamates (subject to hydrolysis) is 1. The maximum atomic E-state index is 13.0. The van der Waals surface area contributed by atoms with E-state index in [1.165, 1.54) is 4.90 Å². The van der Waals surface area contributed by atoms with Crippen LogP contribution in [0.5, 0.6) is 5.75 Å². The molecule has 1 aromatic carbocycles. The molecule has 12 heteroatoms. The summed E-state index contributed by atoms with van der Waals surface area (Å²) in [5, 5.41) is 4.91. The Morgan fingerprint density at radius 1 is 1.00 bits per heavy atom. The Morgan fingerprint density at radius 2 is 1.66 bits per heavy atom. The Labute approximate surface area is 222 Å². The van der Waals surface area contributed by atoms with Crippen molar-refractivity contribution in [1.82, 2.24) is 15.5 Å². The quantitative estimate of drug-likeness (QED) is 0.267. The third-order valence-electron chi connectivity index (χ3n) is 5.66. The van der Waals surface area contributed by atoms with E-state index in [0.717, 1.165) is 5.56 Å². The van der Waals surface area contributed by atoms with Gasteiger partial charge in [-0.3, -0.25) is 19.7 Å². The molecule has 2 N–H and O–H groups in total. The van der Waals surface area contributed by atoms with Gasteiger partial charge in [-0.25, -0.2) is 4.79 Å². The smallest absolute Gasteiger partial charge is 0.407 e. The standard InChI is InChI=1S/C26H37N3O9/c1-26(2,3)38-25(33)27-9-10-34-11-12-35-13-14-36-15-16-37-20-6-4-5-18-17-29(24(32)22(18)20)19-7-8-21(30)28-23(19)31/h4-6,19H,7-17H2,1-3H3,(H,27,33)(H,28,30,31). The number of hydrogen-bond acceptors (Lipinski definition) is 9. The zero-order valence-electron chi connectivity index (χ0n) is 22.2. The Balaban J connectivity index is 1.24. The molecule has 3 rings (SSSR count). The van der Waals surface area contributed by atoms with Crippen molar-refractivity contribution in [3.05, 3.63) is 29.3 Å². The van der Waals surface area contributed by atoms with Crippen LogP contribution in [0.25, 0.3) is 0 Å². The van der Waals surface area contributed by atoms with Gasteiger partial charge in [0.25, 0.3) is 5.91 Å². The fourth-order valence-electron chi connectivity index (χ4n) is 3.99. The van der Waals surface area contributed by atoms with Gasteiger partial charge in [0.2, 0.25) is 11.8 Å². The minimum absolute atomic E-state index is 0.210. The second-order valence-electron chi connectivity index (χ2n) is 9.80. The number of amides is 4. The van der Waals surface area contributed by atoms with Crippen LogP contribution in [-0.4, -0.2) is 93.2 Å². The number of piperidine rings is 1. The predicted octanol–water partition coefficient (Wildman–Crippen LogP) is 1.40. The highest BCUT2D eigenvalue weighted by molar-refractivity contribution is 6.06. The summed E-state index contributed by atoms with van der Waals surface area (Å²) in [6, 6.07) is 4.70. The van der Waals surface area contributed by atoms with E-state index in [0.29, 0.717) is 70.5 Å². The summed E-state index contributed by atoms with van der Waals surface area (Å²) in [4.78, 5) is 49.7. The number of fused-ring (bicyclic) bond motifs is 1. The monoisotopic (exact) mass is 535 g/mol. The van der Waals surface area contributed by atoms with Crippen LogP contribution < -0.4 is 15.4 Å². The lowest BCUT2D eigenvalue weighted by molar-refractivity contribution is -0.136. The normalized spacial score (nSPS) is 17.3. The molecule has 2 heterocycles. The van der Waals surface area contributed by atoms with E-state index >= 15 is 0 Å². The molecule has 0 aromatic heterocycles. The molecule has 2 aliphatic rings. The molecule has 1 aromatic rings. The molecule has 0 bridgehead atoms. The Hall–Kier alpha value is -3.22. The molecule has 2 aliphatic heterocycles. The molecule has 0 saturated carbocycles. The lowest BCUT2D eigenvalue weighted by Crippen LogP contribution is -2.52. The summed E-state index contributed by atoms with van der Waals surface area (Å²) in [7, 11) is 0. The van der Waals surface area contributed by atoms with Crippen LogP contribution in [0.2, 0.25) is 0 Å². The lowest BCUT2D eigenvalue weighted by Gasteiger charge is -2.29. The number of hydrogen-bond donors (Lipinski definition) is 2. The van der Waals surface area contributed by atoms with Crippen LogP contribution >= 0.6 is 0 Å². The van der Waals surface area contributed by atoms with Gasteiger partial charge < -0.3 is 33.9 Å². The fourth-order valence-corrected chi connectivity index (χ4v) is 3.99. The molecule has 4 amide bonds. The number of ether oxygens (including phenoxy) is 5. The SMILES string of the molecule is CC(C)(C)OC(=O)NCCOCCOCCOCCOc1cccc2c1C(=O)N(C1CCC(=O)NC1=O)C2. The van der Waals surface area contributed by atoms with Crippen LogP contribution in [0.1, 0.15) is 49.5 Å². The maximum absolute atomic E-state index is 13.0. The van der Waals surface area contributed by atoms with Crippen LogP contribution in [0.15, 0.2) is 18.2 Å². The largest absolute Gasteiger partial charge is 0.490 e. The second kappa shape index (κ2) is 14.1. The van der Waals surface area contributed by atoms with E-state index < -0.39 is 23.6 Å². The van der Waals surface area contributed by atoms with E-state index in [1.54, 1.807) is 32.9 Å². The molecule has 12 nitrogen and oxygen atoms in total. The summed E-state index contributed by atoms with van der Waals surface area (Å²) in [5.74, 6) is -0.590. The van der Waals surface area contributed by atoms with Gasteiger partial charge in [-0.1, -0.05) is 12.1 Å². The Morgan fingerprint density at radius 3 is 2.32 bits per heavy atom. The van der Waals surface area contributed by atoms with E-state index in [-0.39, 0.29) is 24.8 Å². The van der Waals surface area contributed by atoms with Crippen molar-refractivity contribution in [2.24, 2.45) is 0 Å². The Kier molecular flexibility index (Phi) is 10.9. The van der Waals surface area contributed by atoms with Gasteiger partial charge in [0.1, 0.15) is 24.0 Å². The second-order valence-corrected chi connectivity index (χ2v) is 9.80. The average Bonchev–Trinajstić information content (AvgIpc) is 3.17. The number of nitrogens with one attached hydrogen (secondary N) is 2. The predicted molar refractivity (Wildman–Crippen MR) is 135 cm³/mol.